The van der Waals surface area contributed by atoms with Crippen LogP contribution in [0.2, 0.25) is 5.02 Å². The standard InChI is InChI=1S/C25H19ClF3NO3/c1-32-24(31)20-14-22(19-4-2-3-5-21(19)26)30-23(20)17-8-6-15(7-9-17)16-10-12-18(13-11-16)33-25(27,28)29/h2-13,20,23H,14H2,1H3/t20-,23-/m0/s1. The van der Waals surface area contributed by atoms with Gasteiger partial charge in [-0.3, -0.25) is 9.79 Å². The maximum absolute atomic E-state index is 12.5. The molecule has 1 aliphatic heterocycles. The number of esters is 1. The van der Waals surface area contributed by atoms with E-state index in [0.29, 0.717) is 11.4 Å². The van der Waals surface area contributed by atoms with Crippen LogP contribution in [0.5, 0.6) is 5.75 Å². The number of hydrogen-bond donors (Lipinski definition) is 0. The molecule has 0 radical (unpaired) electrons. The van der Waals surface area contributed by atoms with Crippen LogP contribution in [0.15, 0.2) is 77.8 Å². The first-order valence-corrected chi connectivity index (χ1v) is 10.5. The third kappa shape index (κ3) is 5.20. The highest BCUT2D eigenvalue weighted by Gasteiger charge is 2.37. The molecule has 2 atom stereocenters. The molecular formula is C25H19ClF3NO3. The summed E-state index contributed by atoms with van der Waals surface area (Å²) >= 11 is 6.33. The third-order valence-corrected chi connectivity index (χ3v) is 5.78. The lowest BCUT2D eigenvalue weighted by atomic mass is 9.90. The van der Waals surface area contributed by atoms with Gasteiger partial charge in [0, 0.05) is 22.7 Å². The molecular weight excluding hydrogens is 455 g/mol. The van der Waals surface area contributed by atoms with Crippen molar-refractivity contribution in [2.75, 3.05) is 7.11 Å². The largest absolute Gasteiger partial charge is 0.573 e. The van der Waals surface area contributed by atoms with Crippen molar-refractivity contribution >= 4 is 23.3 Å². The van der Waals surface area contributed by atoms with Gasteiger partial charge in [0.25, 0.3) is 0 Å². The number of methoxy groups -OCH3 is 1. The Kier molecular flexibility index (Phi) is 6.42. The summed E-state index contributed by atoms with van der Waals surface area (Å²) in [5.41, 5.74) is 3.89. The molecule has 0 fully saturated rings. The second-order valence-electron chi connectivity index (χ2n) is 7.53. The zero-order chi connectivity index (χ0) is 23.6. The fourth-order valence-electron chi connectivity index (χ4n) is 3.90. The normalized spacial score (nSPS) is 18.0. The van der Waals surface area contributed by atoms with E-state index in [1.807, 2.05) is 42.5 Å². The summed E-state index contributed by atoms with van der Waals surface area (Å²) in [4.78, 5) is 17.3. The summed E-state index contributed by atoms with van der Waals surface area (Å²) in [6.07, 6.45) is -4.33. The van der Waals surface area contributed by atoms with Crippen molar-refractivity contribution in [3.63, 3.8) is 0 Å². The molecule has 0 bridgehead atoms. The van der Waals surface area contributed by atoms with Gasteiger partial charge >= 0.3 is 12.3 Å². The van der Waals surface area contributed by atoms with E-state index in [1.165, 1.54) is 19.2 Å². The van der Waals surface area contributed by atoms with Gasteiger partial charge in [-0.15, -0.1) is 13.2 Å². The zero-order valence-corrected chi connectivity index (χ0v) is 18.2. The average molecular weight is 474 g/mol. The van der Waals surface area contributed by atoms with E-state index >= 15 is 0 Å². The molecule has 8 heteroatoms. The molecule has 0 unspecified atom stereocenters. The fraction of sp³-hybridized carbons (Fsp3) is 0.200. The lowest BCUT2D eigenvalue weighted by Gasteiger charge is -2.16. The lowest BCUT2D eigenvalue weighted by Crippen LogP contribution is -2.20. The number of carbonyl (C=O) groups is 1. The Morgan fingerprint density at radius 3 is 2.15 bits per heavy atom. The molecule has 3 aromatic rings. The molecule has 33 heavy (non-hydrogen) atoms. The van der Waals surface area contributed by atoms with Crippen LogP contribution in [0.25, 0.3) is 11.1 Å². The van der Waals surface area contributed by atoms with Gasteiger partial charge in [0.2, 0.25) is 0 Å². The first-order chi connectivity index (χ1) is 15.7. The van der Waals surface area contributed by atoms with Crippen molar-refractivity contribution in [2.24, 2.45) is 10.9 Å². The van der Waals surface area contributed by atoms with Gasteiger partial charge in [-0.2, -0.15) is 0 Å². The quantitative estimate of drug-likeness (QED) is 0.391. The Morgan fingerprint density at radius 1 is 0.970 bits per heavy atom. The summed E-state index contributed by atoms with van der Waals surface area (Å²) < 4.78 is 46.0. The topological polar surface area (TPSA) is 47.9 Å². The van der Waals surface area contributed by atoms with E-state index in [2.05, 4.69) is 4.74 Å². The fourth-order valence-corrected chi connectivity index (χ4v) is 4.14. The van der Waals surface area contributed by atoms with Crippen LogP contribution in [-0.4, -0.2) is 25.2 Å². The van der Waals surface area contributed by atoms with E-state index in [1.54, 1.807) is 18.2 Å². The lowest BCUT2D eigenvalue weighted by molar-refractivity contribution is -0.274. The number of rotatable bonds is 5. The summed E-state index contributed by atoms with van der Waals surface area (Å²) in [5.74, 6) is -1.11. The number of ether oxygens (including phenoxy) is 2. The number of carbonyl (C=O) groups excluding carboxylic acids is 1. The molecule has 170 valence electrons. The van der Waals surface area contributed by atoms with Crippen molar-refractivity contribution in [3.05, 3.63) is 88.9 Å². The van der Waals surface area contributed by atoms with Gasteiger partial charge in [-0.1, -0.05) is 66.2 Å². The zero-order valence-electron chi connectivity index (χ0n) is 17.5. The molecule has 0 amide bonds. The van der Waals surface area contributed by atoms with Crippen LogP contribution < -0.4 is 4.74 Å². The minimum atomic E-state index is -4.73. The smallest absolute Gasteiger partial charge is 0.469 e. The summed E-state index contributed by atoms with van der Waals surface area (Å²) in [6.45, 7) is 0. The predicted molar refractivity (Wildman–Crippen MR) is 119 cm³/mol. The number of alkyl halides is 3. The summed E-state index contributed by atoms with van der Waals surface area (Å²) in [6, 6.07) is 19.9. The molecule has 4 rings (SSSR count). The van der Waals surface area contributed by atoms with Crippen LogP contribution >= 0.6 is 11.6 Å². The summed E-state index contributed by atoms with van der Waals surface area (Å²) in [7, 11) is 1.35. The van der Waals surface area contributed by atoms with E-state index < -0.39 is 18.3 Å². The van der Waals surface area contributed by atoms with Gasteiger partial charge in [-0.25, -0.2) is 0 Å². The van der Waals surface area contributed by atoms with Crippen LogP contribution in [-0.2, 0) is 9.53 Å². The molecule has 0 spiro atoms. The second-order valence-corrected chi connectivity index (χ2v) is 7.94. The summed E-state index contributed by atoms with van der Waals surface area (Å²) in [5, 5.41) is 0.564. The van der Waals surface area contributed by atoms with E-state index in [4.69, 9.17) is 21.3 Å². The average Bonchev–Trinajstić information content (AvgIpc) is 3.24. The number of hydrogen-bond acceptors (Lipinski definition) is 4. The number of aliphatic imine (C=N–C) groups is 1. The van der Waals surface area contributed by atoms with Crippen LogP contribution in [0.3, 0.4) is 0 Å². The molecule has 1 heterocycles. The Morgan fingerprint density at radius 2 is 1.58 bits per heavy atom. The number of nitrogens with zero attached hydrogens (tertiary/aromatic N) is 1. The highest BCUT2D eigenvalue weighted by Crippen LogP contribution is 2.39. The van der Waals surface area contributed by atoms with Crippen molar-refractivity contribution in [2.45, 2.75) is 18.8 Å². The van der Waals surface area contributed by atoms with Gasteiger partial charge in [0.05, 0.1) is 19.1 Å². The van der Waals surface area contributed by atoms with Crippen molar-refractivity contribution in [1.82, 2.24) is 0 Å². The number of halogens is 4. The molecule has 0 saturated heterocycles. The van der Waals surface area contributed by atoms with Crippen LogP contribution in [0.1, 0.15) is 23.6 Å². The van der Waals surface area contributed by atoms with E-state index in [9.17, 15) is 18.0 Å². The van der Waals surface area contributed by atoms with Gasteiger partial charge in [0.1, 0.15) is 5.75 Å². The Labute approximate surface area is 193 Å². The SMILES string of the molecule is COC(=O)[C@H]1CC(c2ccccc2Cl)=N[C@H]1c1ccc(-c2ccc(OC(F)(F)F)cc2)cc1. The van der Waals surface area contributed by atoms with Gasteiger partial charge < -0.3 is 9.47 Å². The first-order valence-electron chi connectivity index (χ1n) is 10.1. The van der Waals surface area contributed by atoms with Gasteiger partial charge in [0.15, 0.2) is 0 Å². The molecule has 4 nitrogen and oxygen atoms in total. The highest BCUT2D eigenvalue weighted by atomic mass is 35.5. The van der Waals surface area contributed by atoms with Crippen molar-refractivity contribution < 1.29 is 27.4 Å². The molecule has 1 aliphatic rings. The minimum Gasteiger partial charge on any atom is -0.469 e. The molecule has 3 aromatic carbocycles. The Bertz CT molecular complexity index is 1170. The maximum Gasteiger partial charge on any atom is 0.573 e. The Hall–Kier alpha value is -3.32. The molecule has 0 saturated carbocycles. The van der Waals surface area contributed by atoms with Crippen molar-refractivity contribution in [3.8, 4) is 16.9 Å². The molecule has 0 N–H and O–H groups in total. The minimum absolute atomic E-state index is 0.281. The van der Waals surface area contributed by atoms with Crippen LogP contribution in [0.4, 0.5) is 13.2 Å². The predicted octanol–water partition coefficient (Wildman–Crippen LogP) is 6.63. The molecule has 0 aliphatic carbocycles. The first kappa shape index (κ1) is 22.9. The van der Waals surface area contributed by atoms with Crippen molar-refractivity contribution in [1.29, 1.82) is 0 Å². The highest BCUT2D eigenvalue weighted by molar-refractivity contribution is 6.34. The maximum atomic E-state index is 12.5. The number of benzene rings is 3. The van der Waals surface area contributed by atoms with E-state index in [-0.39, 0.29) is 11.7 Å². The Balaban J connectivity index is 1.59. The van der Waals surface area contributed by atoms with Crippen LogP contribution in [0, 0.1) is 5.92 Å². The second kappa shape index (κ2) is 9.27. The van der Waals surface area contributed by atoms with Gasteiger partial charge in [-0.05, 0) is 34.9 Å². The van der Waals surface area contributed by atoms with E-state index in [0.717, 1.165) is 28.0 Å². The molecule has 0 aromatic heterocycles. The third-order valence-electron chi connectivity index (χ3n) is 5.45. The monoisotopic (exact) mass is 473 g/mol.